The Hall–Kier alpha value is -6.21. The van der Waals surface area contributed by atoms with Crippen LogP contribution in [0.2, 0.25) is 0 Å². The Balaban J connectivity index is 0.000000178. The molecule has 46 nitrogen and oxygen atoms in total. The van der Waals surface area contributed by atoms with Crippen LogP contribution in [0, 0.1) is 101 Å². The molecule has 24 rings (SSSR count). The molecule has 4 aliphatic carbocycles. The van der Waals surface area contributed by atoms with E-state index in [0.29, 0.717) is 71.3 Å². The van der Waals surface area contributed by atoms with Gasteiger partial charge in [-0.3, -0.25) is 48.5 Å². The van der Waals surface area contributed by atoms with Gasteiger partial charge in [0, 0.05) is 216 Å². The number of rotatable bonds is 29. The van der Waals surface area contributed by atoms with E-state index in [9.17, 15) is 63.3 Å². The quantitative estimate of drug-likeness (QED) is 0.0105. The number of carboxylic acids is 4. The van der Waals surface area contributed by atoms with Crippen LogP contribution in [0.1, 0.15) is 248 Å². The molecular weight excluding hydrogens is 1990 g/mol. The maximum absolute atomic E-state index is 13.5. The number of H-pyrrole nitrogens is 3. The van der Waals surface area contributed by atoms with E-state index >= 15 is 0 Å². The normalized spacial score (nSPS) is 37.5. The first-order valence-corrected chi connectivity index (χ1v) is 51.0. The second kappa shape index (κ2) is 52.3. The summed E-state index contributed by atoms with van der Waals surface area (Å²) in [6.07, 6.45) is 25.7. The number of imidazole rings is 3. The zero-order valence-electron chi connectivity index (χ0n) is 88.1. The Morgan fingerprint density at radius 2 is 0.866 bits per heavy atom. The van der Waals surface area contributed by atoms with E-state index in [1.165, 1.54) is 37.6 Å². The van der Waals surface area contributed by atoms with Gasteiger partial charge in [0.15, 0.2) is 40.4 Å². The van der Waals surface area contributed by atoms with Crippen molar-refractivity contribution in [3.05, 3.63) is 66.4 Å². The van der Waals surface area contributed by atoms with Gasteiger partial charge >= 0.3 is 130 Å². The smallest absolute Gasteiger partial charge is 0.662 e. The third-order valence-electron chi connectivity index (χ3n) is 33.4. The number of fused-ring (bicyclic) bond motifs is 8. The number of piperidine rings is 1. The van der Waals surface area contributed by atoms with Crippen LogP contribution in [0.3, 0.4) is 0 Å². The zero-order valence-corrected chi connectivity index (χ0v) is 96.1. The molecule has 32 atom stereocenters. The number of nitrogens with two attached hydrogens (primary N) is 1. The summed E-state index contributed by atoms with van der Waals surface area (Å²) in [6, 6.07) is -3.21. The Morgan fingerprint density at radius 3 is 1.24 bits per heavy atom. The third kappa shape index (κ3) is 26.6. The van der Waals surface area contributed by atoms with Crippen LogP contribution in [0.15, 0.2) is 64.3 Å². The van der Waals surface area contributed by atoms with Gasteiger partial charge in [-0.25, -0.2) is 58.8 Å². The molecule has 20 fully saturated rings. The maximum atomic E-state index is 13.5. The number of aliphatic imine (C=N–C) groups is 3. The molecule has 3 aromatic rings. The summed E-state index contributed by atoms with van der Waals surface area (Å²) in [5.41, 5.74) is 5.21. The molecule has 4 amide bonds. The molecule has 17 aliphatic heterocycles. The van der Waals surface area contributed by atoms with Gasteiger partial charge in [0.1, 0.15) is 11.8 Å². The average Bonchev–Trinajstić information content (AvgIpc) is 1.63. The van der Waals surface area contributed by atoms with E-state index in [1.807, 2.05) is 41.5 Å². The second-order valence-electron chi connectivity index (χ2n) is 42.9. The Morgan fingerprint density at radius 1 is 0.490 bits per heavy atom. The number of likely N-dealkylation sites (tertiary alicyclic amines) is 1. The molecule has 3 aromatic heterocycles. The van der Waals surface area contributed by atoms with Crippen LogP contribution < -0.4 is 160 Å². The number of hydrogen-bond donors (Lipinski definition) is 8. The van der Waals surface area contributed by atoms with Crippen molar-refractivity contribution in [3.63, 3.8) is 0 Å². The van der Waals surface area contributed by atoms with E-state index < -0.39 is 130 Å². The molecule has 149 heavy (non-hydrogen) atoms. The number of aliphatic carboxylic acids is 4. The van der Waals surface area contributed by atoms with Crippen molar-refractivity contribution in [1.82, 2.24) is 50.8 Å². The summed E-state index contributed by atoms with van der Waals surface area (Å²) < 4.78 is 43.3. The zero-order chi connectivity index (χ0) is 104. The minimum atomic E-state index is -1.36. The van der Waals surface area contributed by atoms with E-state index in [-0.39, 0.29) is 297 Å². The number of ether oxygens (including phenoxy) is 7. The van der Waals surface area contributed by atoms with E-state index in [4.69, 9.17) is 93.2 Å². The number of carboxylic acid groups (broad SMARTS) is 4. The molecule has 0 radical (unpaired) electrons. The van der Waals surface area contributed by atoms with Crippen LogP contribution >= 0.6 is 0 Å². The first-order chi connectivity index (χ1) is 69.1. The first kappa shape index (κ1) is 123. The van der Waals surface area contributed by atoms with Crippen molar-refractivity contribution >= 4 is 83.7 Å². The number of nitrogens with one attached hydrogen (secondary N) is 6. The summed E-state index contributed by atoms with van der Waals surface area (Å²) in [7, 11) is 0. The van der Waals surface area contributed by atoms with Gasteiger partial charge in [0.05, 0.1) is 62.0 Å². The Kier molecular flexibility index (Phi) is 43.2. The molecule has 16 saturated heterocycles. The van der Waals surface area contributed by atoms with Crippen molar-refractivity contribution < 1.29 is 274 Å². The molecule has 21 aliphatic rings. The van der Waals surface area contributed by atoms with Gasteiger partial charge in [-0.15, -0.1) is 0 Å². The van der Waals surface area contributed by atoms with Gasteiger partial charge in [0.25, 0.3) is 6.47 Å². The van der Waals surface area contributed by atoms with Gasteiger partial charge < -0.3 is 120 Å². The van der Waals surface area contributed by atoms with E-state index in [2.05, 4.69) is 107 Å². The summed E-state index contributed by atoms with van der Waals surface area (Å²) >= 11 is 0. The first-order valence-electron chi connectivity index (χ1n) is 51.0. The maximum Gasteiger partial charge on any atom is 1.00 e. The average molecular weight is 2130 g/mol. The summed E-state index contributed by atoms with van der Waals surface area (Å²) in [5.74, 6) is -7.30. The summed E-state index contributed by atoms with van der Waals surface area (Å²) in [6.45, 7) is 25.0. The number of carbonyl (C=O) groups is 11. The number of aromatic amines is 3. The van der Waals surface area contributed by atoms with Crippen LogP contribution in [-0.2, 0) is 149 Å². The van der Waals surface area contributed by atoms with Gasteiger partial charge in [-0.1, -0.05) is 55.4 Å². The number of amides is 4. The molecule has 8 bridgehead atoms. The van der Waals surface area contributed by atoms with Crippen LogP contribution in [0.5, 0.6) is 0 Å². The number of nitrogens with zero attached hydrogens (tertiary/aromatic N) is 7. The fourth-order valence-corrected chi connectivity index (χ4v) is 25.6. The molecular formula is C99H138N14Na4O32. The standard InChI is InChI=1S/C25H35N3O7.2C24H34N4O7.C15H22O5.C10H15N3O3.CH2O3.4Na/c1-14-4-5-20-15(2)21(30)28(23-25(20)19(14)6-8-24(3,33-23)34-35-25)9-7-18(29)11-16(22(31)32)10-17-12-26-13-27-17;2*1-13-4-5-17-14(2)20(32-22-24(17)16(13)6-8-23(3,33-22)34-35-24)26-9-7-19(29)28-18(21(30)31)10-15-11-25-12-27-15;1-8-4-5-11-9(2)12(16)17-13-15(11)10(8)6-7-14(3,18-13)19-20-15;11-3-1-9(14)13-8(10(15)16)5-7-2-4-12-6-7;2-1-4-3;;;;/h12-16,19-20,23H,4-11H2,1-3H3,(H,26,27)(H,31,32);2*11-14,16-18,22H,4-10H2,1-3H3,(H,25,27)(H,28,29)(H,30,31);8-11,13H,4-7H2,1-3H3;4,6,8H,1-3,5,11H2,(H,13,14)(H,15,16);1,3H;;;;/q;;;;;;4*+1/p-4. The van der Waals surface area contributed by atoms with Crippen molar-refractivity contribution in [2.24, 2.45) is 121 Å². The molecule has 4 saturated carbocycles. The Labute approximate surface area is 952 Å². The number of ketones is 1. The number of hydrogen-bond acceptors (Lipinski definition) is 38. The number of aromatic nitrogens is 6. The fourth-order valence-electron chi connectivity index (χ4n) is 25.6. The topological polar surface area (TPSA) is 636 Å². The predicted molar refractivity (Wildman–Crippen MR) is 491 cm³/mol. The summed E-state index contributed by atoms with van der Waals surface area (Å²) in [4.78, 5) is 214. The molecule has 4 spiro atoms. The number of Topliss-reactive ketones (excluding diaryl/α,β-unsaturated/α-hetero) is 1. The van der Waals surface area contributed by atoms with Crippen LogP contribution in [0.25, 0.3) is 0 Å². The second-order valence-corrected chi connectivity index (χ2v) is 42.9. The van der Waals surface area contributed by atoms with Crippen LogP contribution in [0.4, 0.5) is 0 Å². The van der Waals surface area contributed by atoms with Crippen molar-refractivity contribution in [3.8, 4) is 0 Å². The fraction of sp³-hybridized carbons (Fsp3) is 0.747. The van der Waals surface area contributed by atoms with Crippen molar-refractivity contribution in [2.75, 3.05) is 26.2 Å². The van der Waals surface area contributed by atoms with E-state index in [1.54, 1.807) is 17.3 Å². The van der Waals surface area contributed by atoms with E-state index in [0.717, 1.165) is 102 Å². The number of carbonyl (C=O) groups excluding carboxylic acids is 10. The molecule has 0 aromatic carbocycles. The minimum Gasteiger partial charge on any atom is -0.662 e. The Bertz CT molecular complexity index is 5080. The van der Waals surface area contributed by atoms with Crippen molar-refractivity contribution in [2.45, 2.75) is 339 Å². The SMILES string of the molecule is CC1CCC2C(C)C(=NCCC(=O)NC(Cc3cnc[nH]3)C(=O)[O-])OC3OC4(C)CCC1C32OO4.CC1CCC2C(C)C(=NCCC(=O)NC(Cc3cnc[nH]3)C(=O)[O-])OC3OC4(C)CCC1C32OO4.CC1CCC2C(C)C(=O)N(CCC(=O)CC(Cc3cnc[nH]3)C(=O)[O-])C3OC4(C)CCC1C23OO4.CC1CCC2C(C)C(=O)OC3OC4(C)CCC1C32OO4.NCCC(=O)NC(CC1=CN=CC1)C(=O)O.O=CO[O-].[Na+].[Na+].[Na+].[Na+]. The molecule has 20 heterocycles. The predicted octanol–water partition coefficient (Wildman–Crippen LogP) is -8.42. The largest absolute Gasteiger partial charge is 1.00 e. The van der Waals surface area contributed by atoms with Crippen molar-refractivity contribution in [1.29, 1.82) is 0 Å². The minimum absolute atomic E-state index is 0. The van der Waals surface area contributed by atoms with Gasteiger partial charge in [-0.05, 0) is 146 Å². The summed E-state index contributed by atoms with van der Waals surface area (Å²) in [5, 5.41) is 59.4. The van der Waals surface area contributed by atoms with Crippen LogP contribution in [-0.4, -0.2) is 239 Å². The van der Waals surface area contributed by atoms with Gasteiger partial charge in [0.2, 0.25) is 65.6 Å². The molecule has 32 unspecified atom stereocenters. The van der Waals surface area contributed by atoms with Gasteiger partial charge in [-0.2, -0.15) is 0 Å². The molecule has 9 N–H and O–H groups in total. The monoisotopic (exact) mass is 2130 g/mol. The number of esters is 1. The third-order valence-corrected chi connectivity index (χ3v) is 33.4. The molecule has 800 valence electrons. The molecule has 50 heteroatoms.